The molecular formula is C33H39F7O4. The van der Waals surface area contributed by atoms with E-state index >= 15 is 0 Å². The van der Waals surface area contributed by atoms with Crippen molar-refractivity contribution in [1.82, 2.24) is 0 Å². The summed E-state index contributed by atoms with van der Waals surface area (Å²) in [6.45, 7) is 2.92. The first-order chi connectivity index (χ1) is 20.9. The van der Waals surface area contributed by atoms with Gasteiger partial charge in [0.05, 0.1) is 24.4 Å². The molecule has 2 aromatic rings. The number of unbranched alkanes of at least 4 members (excludes halogenated alkanes) is 1. The number of hydrogen-bond donors (Lipinski definition) is 0. The van der Waals surface area contributed by atoms with E-state index in [2.05, 4.69) is 4.74 Å². The normalized spacial score (nSPS) is 23.2. The lowest BCUT2D eigenvalue weighted by Crippen LogP contribution is -2.32. The van der Waals surface area contributed by atoms with E-state index < -0.39 is 41.5 Å². The van der Waals surface area contributed by atoms with Crippen LogP contribution in [0, 0.1) is 23.5 Å². The smallest absolute Gasteiger partial charge is 0.493 e. The zero-order chi connectivity index (χ0) is 31.7. The molecule has 2 aliphatic rings. The van der Waals surface area contributed by atoms with Crippen molar-refractivity contribution in [2.45, 2.75) is 95.8 Å². The molecule has 0 spiro atoms. The number of benzene rings is 2. The van der Waals surface area contributed by atoms with Gasteiger partial charge in [0.15, 0.2) is 11.6 Å². The van der Waals surface area contributed by atoms with E-state index in [1.54, 1.807) is 6.08 Å². The minimum Gasteiger partial charge on any atom is -0.493 e. The van der Waals surface area contributed by atoms with Gasteiger partial charge in [0, 0.05) is 12.7 Å². The second-order valence-electron chi connectivity index (χ2n) is 11.6. The summed E-state index contributed by atoms with van der Waals surface area (Å²) in [6, 6.07) is 6.67. The molecular weight excluding hydrogens is 593 g/mol. The van der Waals surface area contributed by atoms with Gasteiger partial charge < -0.3 is 18.9 Å². The lowest BCUT2D eigenvalue weighted by molar-refractivity contribution is -0.279. The van der Waals surface area contributed by atoms with Crippen molar-refractivity contribution in [3.8, 4) is 11.5 Å². The van der Waals surface area contributed by atoms with Gasteiger partial charge >= 0.3 is 12.5 Å². The number of alkyl halides is 5. The van der Waals surface area contributed by atoms with Gasteiger partial charge in [-0.15, -0.1) is 13.2 Å². The molecule has 44 heavy (non-hydrogen) atoms. The number of rotatable bonds is 13. The summed E-state index contributed by atoms with van der Waals surface area (Å²) in [6.07, 6.45) is 1.65. The van der Waals surface area contributed by atoms with Crippen LogP contribution in [0.1, 0.15) is 82.3 Å². The molecule has 2 aromatic carbocycles. The van der Waals surface area contributed by atoms with Crippen LogP contribution in [0.25, 0.3) is 6.08 Å². The Morgan fingerprint density at radius 3 is 2.16 bits per heavy atom. The van der Waals surface area contributed by atoms with Crippen LogP contribution in [0.2, 0.25) is 0 Å². The average molecular weight is 633 g/mol. The fourth-order valence-corrected chi connectivity index (χ4v) is 5.64. The molecule has 2 fully saturated rings. The Kier molecular flexibility index (Phi) is 12.0. The van der Waals surface area contributed by atoms with Gasteiger partial charge in [0.2, 0.25) is 0 Å². The maximum Gasteiger partial charge on any atom is 0.573 e. The summed E-state index contributed by atoms with van der Waals surface area (Å²) in [7, 11) is 0. The number of ether oxygens (including phenoxy) is 4. The Morgan fingerprint density at radius 2 is 1.52 bits per heavy atom. The Morgan fingerprint density at radius 1 is 0.818 bits per heavy atom. The Hall–Kier alpha value is -2.79. The lowest BCUT2D eigenvalue weighted by Gasteiger charge is -2.33. The number of halogens is 7. The number of hydrogen-bond acceptors (Lipinski definition) is 4. The van der Waals surface area contributed by atoms with Crippen molar-refractivity contribution in [3.05, 3.63) is 65.2 Å². The van der Waals surface area contributed by atoms with Gasteiger partial charge in [0.25, 0.3) is 0 Å². The summed E-state index contributed by atoms with van der Waals surface area (Å²) in [5.41, 5.74) is -0.347. The molecule has 244 valence electrons. The minimum atomic E-state index is -4.95. The molecule has 11 heteroatoms. The van der Waals surface area contributed by atoms with Crippen LogP contribution in [0.4, 0.5) is 30.7 Å². The lowest BCUT2D eigenvalue weighted by atomic mass is 9.86. The van der Waals surface area contributed by atoms with Gasteiger partial charge in [-0.3, -0.25) is 0 Å². The van der Waals surface area contributed by atoms with E-state index in [-0.39, 0.29) is 23.7 Å². The van der Waals surface area contributed by atoms with Gasteiger partial charge in [-0.1, -0.05) is 31.6 Å². The highest BCUT2D eigenvalue weighted by molar-refractivity contribution is 5.51. The van der Waals surface area contributed by atoms with Crippen molar-refractivity contribution in [3.63, 3.8) is 0 Å². The molecule has 0 unspecified atom stereocenters. The molecule has 0 saturated heterocycles. The molecule has 0 bridgehead atoms. The van der Waals surface area contributed by atoms with Crippen LogP contribution >= 0.6 is 0 Å². The van der Waals surface area contributed by atoms with E-state index in [1.165, 1.54) is 12.1 Å². The van der Waals surface area contributed by atoms with E-state index in [0.717, 1.165) is 62.8 Å². The topological polar surface area (TPSA) is 36.9 Å². The van der Waals surface area contributed by atoms with Crippen molar-refractivity contribution < 1.29 is 49.7 Å². The molecule has 2 saturated carbocycles. The molecule has 0 amide bonds. The van der Waals surface area contributed by atoms with Gasteiger partial charge in [-0.2, -0.15) is 8.78 Å². The van der Waals surface area contributed by atoms with E-state index in [4.69, 9.17) is 14.2 Å². The summed E-state index contributed by atoms with van der Waals surface area (Å²) in [5, 5.41) is 0. The van der Waals surface area contributed by atoms with Crippen molar-refractivity contribution in [2.75, 3.05) is 13.2 Å². The first kappa shape index (κ1) is 34.1. The first-order valence-electron chi connectivity index (χ1n) is 15.3. The summed E-state index contributed by atoms with van der Waals surface area (Å²) in [4.78, 5) is 0. The van der Waals surface area contributed by atoms with E-state index in [0.29, 0.717) is 44.5 Å². The Balaban J connectivity index is 1.14. The Labute approximate surface area is 253 Å². The third-order valence-electron chi connectivity index (χ3n) is 8.16. The van der Waals surface area contributed by atoms with Gasteiger partial charge in [0.1, 0.15) is 11.6 Å². The SMILES string of the molecule is CCCCOc1ccc(C(F)(F)OC2CCC(COC3CCC(/C=C/c4ccc(OC(F)(F)F)c(F)c4)CC3)CC2)c(F)c1. The van der Waals surface area contributed by atoms with Crippen LogP contribution in [-0.4, -0.2) is 31.8 Å². The number of allylic oxidation sites excluding steroid dienone is 1. The predicted octanol–water partition coefficient (Wildman–Crippen LogP) is 9.96. The van der Waals surface area contributed by atoms with E-state index in [1.807, 2.05) is 13.0 Å². The molecule has 4 nitrogen and oxygen atoms in total. The third-order valence-corrected chi connectivity index (χ3v) is 8.16. The third kappa shape index (κ3) is 10.4. The first-order valence-corrected chi connectivity index (χ1v) is 15.3. The van der Waals surface area contributed by atoms with Crippen LogP contribution < -0.4 is 9.47 Å². The van der Waals surface area contributed by atoms with Crippen LogP contribution in [-0.2, 0) is 15.6 Å². The molecule has 0 N–H and O–H groups in total. The standard InChI is InChI=1S/C33H39F7O4/c1-2-3-18-41-27-15-16-28(29(34)20-27)32(36,37)43-26-13-8-24(9-14-26)21-42-25-11-6-22(7-12-25)4-5-23-10-17-31(30(35)19-23)44-33(38,39)40/h4-5,10,15-17,19-20,22,24-26H,2-3,6-9,11-14,18,21H2,1H3/b5-4+. The molecule has 0 atom stereocenters. The summed E-state index contributed by atoms with van der Waals surface area (Å²) < 4.78 is 115. The highest BCUT2D eigenvalue weighted by Crippen LogP contribution is 2.38. The fourth-order valence-electron chi connectivity index (χ4n) is 5.64. The summed E-state index contributed by atoms with van der Waals surface area (Å²) in [5.74, 6) is -2.31. The van der Waals surface area contributed by atoms with Crippen LogP contribution in [0.5, 0.6) is 11.5 Å². The van der Waals surface area contributed by atoms with Crippen molar-refractivity contribution >= 4 is 6.08 Å². The maximum atomic E-state index is 14.8. The second-order valence-corrected chi connectivity index (χ2v) is 11.6. The monoisotopic (exact) mass is 632 g/mol. The fraction of sp³-hybridized carbons (Fsp3) is 0.576. The zero-order valence-electron chi connectivity index (χ0n) is 24.7. The Bertz CT molecular complexity index is 1220. The summed E-state index contributed by atoms with van der Waals surface area (Å²) >= 11 is 0. The molecule has 0 aromatic heterocycles. The minimum absolute atomic E-state index is 0.0890. The molecule has 0 heterocycles. The van der Waals surface area contributed by atoms with Crippen molar-refractivity contribution in [1.29, 1.82) is 0 Å². The van der Waals surface area contributed by atoms with Crippen LogP contribution in [0.15, 0.2) is 42.5 Å². The van der Waals surface area contributed by atoms with E-state index in [9.17, 15) is 30.7 Å². The van der Waals surface area contributed by atoms with Crippen molar-refractivity contribution in [2.24, 2.45) is 11.8 Å². The zero-order valence-corrected chi connectivity index (χ0v) is 24.7. The molecule has 2 aliphatic carbocycles. The highest BCUT2D eigenvalue weighted by atomic mass is 19.4. The highest BCUT2D eigenvalue weighted by Gasteiger charge is 2.40. The molecule has 4 rings (SSSR count). The molecule has 0 aliphatic heterocycles. The second kappa shape index (κ2) is 15.5. The molecule has 0 radical (unpaired) electrons. The maximum absolute atomic E-state index is 14.8. The van der Waals surface area contributed by atoms with Gasteiger partial charge in [-0.05, 0) is 99.5 Å². The quantitative estimate of drug-likeness (QED) is 0.163. The average Bonchev–Trinajstić information content (AvgIpc) is 2.97. The predicted molar refractivity (Wildman–Crippen MR) is 151 cm³/mol. The van der Waals surface area contributed by atoms with Crippen LogP contribution in [0.3, 0.4) is 0 Å². The largest absolute Gasteiger partial charge is 0.573 e. The van der Waals surface area contributed by atoms with Gasteiger partial charge in [-0.25, -0.2) is 8.78 Å².